The van der Waals surface area contributed by atoms with Crippen LogP contribution in [-0.4, -0.2) is 49.7 Å². The fourth-order valence-electron chi connectivity index (χ4n) is 3.60. The van der Waals surface area contributed by atoms with Crippen molar-refractivity contribution >= 4 is 16.6 Å². The van der Waals surface area contributed by atoms with Crippen LogP contribution in [0.15, 0.2) is 12.1 Å². The average molecular weight is 374 g/mol. The summed E-state index contributed by atoms with van der Waals surface area (Å²) in [5.74, 6) is 1.95. The van der Waals surface area contributed by atoms with Crippen LogP contribution in [0.5, 0.6) is 11.5 Å². The van der Waals surface area contributed by atoms with Crippen LogP contribution in [-0.2, 0) is 17.6 Å². The van der Waals surface area contributed by atoms with Gasteiger partial charge in [0, 0.05) is 28.9 Å². The predicted octanol–water partition coefficient (Wildman–Crippen LogP) is 3.19. The summed E-state index contributed by atoms with van der Waals surface area (Å²) in [5, 5.41) is 13.5. The van der Waals surface area contributed by atoms with Gasteiger partial charge in [-0.3, -0.25) is 4.98 Å². The van der Waals surface area contributed by atoms with Crippen LogP contribution in [0, 0.1) is 5.92 Å². The molecule has 0 aliphatic heterocycles. The topological polar surface area (TPSA) is 72.8 Å². The highest BCUT2D eigenvalue weighted by Crippen LogP contribution is 2.40. The Morgan fingerprint density at radius 1 is 1.19 bits per heavy atom. The van der Waals surface area contributed by atoms with E-state index in [1.54, 1.807) is 7.11 Å². The molecule has 0 amide bonds. The van der Waals surface area contributed by atoms with Gasteiger partial charge >= 0.3 is 0 Å². The Bertz CT molecular complexity index is 792. The zero-order valence-electron chi connectivity index (χ0n) is 16.7. The van der Waals surface area contributed by atoms with E-state index in [4.69, 9.17) is 24.3 Å². The molecule has 1 unspecified atom stereocenters. The van der Waals surface area contributed by atoms with E-state index in [9.17, 15) is 0 Å². The quantitative estimate of drug-likeness (QED) is 0.657. The summed E-state index contributed by atoms with van der Waals surface area (Å²) in [6.07, 6.45) is 2.06. The number of rotatable bonds is 9. The summed E-state index contributed by atoms with van der Waals surface area (Å²) in [6, 6.07) is 4.30. The molecule has 6 nitrogen and oxygen atoms in total. The van der Waals surface area contributed by atoms with Crippen molar-refractivity contribution in [3.05, 3.63) is 23.4 Å². The molecule has 27 heavy (non-hydrogen) atoms. The number of ether oxygens (including phenoxy) is 3. The Kier molecular flexibility index (Phi) is 6.39. The van der Waals surface area contributed by atoms with Crippen LogP contribution >= 0.6 is 0 Å². The summed E-state index contributed by atoms with van der Waals surface area (Å²) >= 11 is 0. The van der Waals surface area contributed by atoms with Crippen LogP contribution in [0.25, 0.3) is 10.9 Å². The normalized spacial score (nSPS) is 16.0. The summed E-state index contributed by atoms with van der Waals surface area (Å²) in [5.41, 5.74) is 4.60. The van der Waals surface area contributed by atoms with Gasteiger partial charge in [0.15, 0.2) is 11.5 Å². The number of hydrogen-bond acceptors (Lipinski definition) is 6. The summed E-state index contributed by atoms with van der Waals surface area (Å²) in [4.78, 5) is 4.93. The van der Waals surface area contributed by atoms with Crippen molar-refractivity contribution in [2.75, 3.05) is 38.9 Å². The molecule has 2 aromatic rings. The molecule has 0 bridgehead atoms. The zero-order valence-corrected chi connectivity index (χ0v) is 16.7. The van der Waals surface area contributed by atoms with Crippen LogP contribution in [0.4, 0.5) is 5.69 Å². The van der Waals surface area contributed by atoms with E-state index in [2.05, 4.69) is 26.1 Å². The number of nitrogens with zero attached hydrogens (tertiary/aromatic N) is 1. The molecule has 1 aromatic heterocycles. The van der Waals surface area contributed by atoms with Gasteiger partial charge in [-0.25, -0.2) is 0 Å². The predicted molar refractivity (Wildman–Crippen MR) is 107 cm³/mol. The van der Waals surface area contributed by atoms with Gasteiger partial charge < -0.3 is 24.6 Å². The number of hydrogen-bond donors (Lipinski definition) is 2. The molecule has 1 aromatic carbocycles. The minimum Gasteiger partial charge on any atom is -0.493 e. The summed E-state index contributed by atoms with van der Waals surface area (Å²) < 4.78 is 16.7. The van der Waals surface area contributed by atoms with E-state index in [-0.39, 0.29) is 6.61 Å². The van der Waals surface area contributed by atoms with Crippen molar-refractivity contribution in [3.63, 3.8) is 0 Å². The summed E-state index contributed by atoms with van der Waals surface area (Å²) in [6.45, 7) is 7.70. The molecular weight excluding hydrogens is 344 g/mol. The summed E-state index contributed by atoms with van der Waals surface area (Å²) in [7, 11) is 1.65. The van der Waals surface area contributed by atoms with Crippen molar-refractivity contribution < 1.29 is 19.3 Å². The van der Waals surface area contributed by atoms with E-state index in [1.165, 1.54) is 16.9 Å². The van der Waals surface area contributed by atoms with Gasteiger partial charge in [-0.2, -0.15) is 0 Å². The van der Waals surface area contributed by atoms with Crippen molar-refractivity contribution in [3.8, 4) is 11.5 Å². The van der Waals surface area contributed by atoms with Crippen molar-refractivity contribution in [2.24, 2.45) is 5.92 Å². The lowest BCUT2D eigenvalue weighted by atomic mass is 10.0. The Balaban J connectivity index is 1.97. The fourth-order valence-corrected chi connectivity index (χ4v) is 3.60. The van der Waals surface area contributed by atoms with Crippen LogP contribution in [0.1, 0.15) is 32.0 Å². The number of aromatic nitrogens is 1. The number of aliphatic hydroxyl groups is 1. The number of aliphatic hydroxyl groups excluding tert-OH is 1. The Hall–Kier alpha value is -2.05. The van der Waals surface area contributed by atoms with Gasteiger partial charge in [0.2, 0.25) is 0 Å². The highest BCUT2D eigenvalue weighted by molar-refractivity contribution is 5.96. The Morgan fingerprint density at radius 3 is 2.70 bits per heavy atom. The lowest BCUT2D eigenvalue weighted by Crippen LogP contribution is -2.13. The van der Waals surface area contributed by atoms with E-state index in [0.29, 0.717) is 43.3 Å². The molecule has 0 spiro atoms. The van der Waals surface area contributed by atoms with Crippen molar-refractivity contribution in [2.45, 2.75) is 39.7 Å². The third-order valence-electron chi connectivity index (χ3n) is 4.71. The molecule has 2 N–H and O–H groups in total. The minimum absolute atomic E-state index is 0.0123. The molecule has 0 fully saturated rings. The highest BCUT2D eigenvalue weighted by atomic mass is 16.5. The van der Waals surface area contributed by atoms with E-state index in [0.717, 1.165) is 23.7 Å². The first kappa shape index (κ1) is 19.7. The van der Waals surface area contributed by atoms with E-state index >= 15 is 0 Å². The monoisotopic (exact) mass is 374 g/mol. The number of anilines is 1. The number of nitrogens with one attached hydrogen (secondary N) is 1. The van der Waals surface area contributed by atoms with Gasteiger partial charge in [0.25, 0.3) is 0 Å². The number of fused-ring (bicyclic) bond motifs is 2. The number of pyridine rings is 1. The smallest absolute Gasteiger partial charge is 0.163 e. The molecule has 6 heteroatoms. The number of methoxy groups -OCH3 is 1. The molecule has 1 heterocycles. The van der Waals surface area contributed by atoms with Gasteiger partial charge in [-0.1, -0.05) is 6.92 Å². The molecule has 0 radical (unpaired) electrons. The molecule has 148 valence electrons. The standard InChI is InChI=1S/C21H30N2O4/c1-13(2)22-21-15-9-14(3)10-17(15)23-18-12-20(19(25-4)11-16(18)21)27-8-7-26-6-5-24/h11-14,24H,5-10H2,1-4H3,(H,22,23). The SMILES string of the molecule is COc1cc2c(NC(C)C)c3c(nc2cc1OCCOCCO)CC(C)C3. The lowest BCUT2D eigenvalue weighted by molar-refractivity contribution is 0.0699. The maximum Gasteiger partial charge on any atom is 0.163 e. The largest absolute Gasteiger partial charge is 0.493 e. The highest BCUT2D eigenvalue weighted by Gasteiger charge is 2.25. The van der Waals surface area contributed by atoms with Gasteiger partial charge in [-0.15, -0.1) is 0 Å². The van der Waals surface area contributed by atoms with E-state index < -0.39 is 0 Å². The zero-order chi connectivity index (χ0) is 19.4. The molecule has 3 rings (SSSR count). The molecule has 1 aliphatic rings. The third-order valence-corrected chi connectivity index (χ3v) is 4.71. The van der Waals surface area contributed by atoms with Crippen molar-refractivity contribution in [1.29, 1.82) is 0 Å². The molecule has 0 saturated carbocycles. The Morgan fingerprint density at radius 2 is 2.00 bits per heavy atom. The minimum atomic E-state index is 0.0123. The molecule has 1 aliphatic carbocycles. The first-order valence-electron chi connectivity index (χ1n) is 9.64. The van der Waals surface area contributed by atoms with E-state index in [1.807, 2.05) is 12.1 Å². The maximum absolute atomic E-state index is 8.77. The van der Waals surface area contributed by atoms with Gasteiger partial charge in [0.05, 0.1) is 32.4 Å². The van der Waals surface area contributed by atoms with Crippen LogP contribution in [0.2, 0.25) is 0 Å². The van der Waals surface area contributed by atoms with Crippen molar-refractivity contribution in [1.82, 2.24) is 4.98 Å². The average Bonchev–Trinajstić information content (AvgIpc) is 3.00. The van der Waals surface area contributed by atoms with Crippen LogP contribution < -0.4 is 14.8 Å². The van der Waals surface area contributed by atoms with Gasteiger partial charge in [-0.05, 0) is 44.2 Å². The first-order chi connectivity index (χ1) is 13.0. The molecular formula is C21H30N2O4. The van der Waals surface area contributed by atoms with Crippen LogP contribution in [0.3, 0.4) is 0 Å². The Labute approximate surface area is 160 Å². The third kappa shape index (κ3) is 4.45. The first-order valence-corrected chi connectivity index (χ1v) is 9.64. The second kappa shape index (κ2) is 8.76. The second-order valence-electron chi connectivity index (χ2n) is 7.43. The van der Waals surface area contributed by atoms with Gasteiger partial charge in [0.1, 0.15) is 6.61 Å². The molecule has 0 saturated heterocycles. The maximum atomic E-state index is 8.77. The lowest BCUT2D eigenvalue weighted by Gasteiger charge is -2.19. The second-order valence-corrected chi connectivity index (χ2v) is 7.43. The fraction of sp³-hybridized carbons (Fsp3) is 0.571. The number of benzene rings is 1. The molecule has 1 atom stereocenters.